The first kappa shape index (κ1) is 26.1. The number of Topliss-reactive ketones (excluding diaryl/α,β-unsaturated/α-hetero) is 1. The molecule has 7 heteroatoms. The Morgan fingerprint density at radius 2 is 1.29 bits per heavy atom. The molecule has 1 amide bonds. The van der Waals surface area contributed by atoms with Gasteiger partial charge in [-0.15, -0.1) is 0 Å². The normalized spacial score (nSPS) is 17.0. The van der Waals surface area contributed by atoms with Gasteiger partial charge < -0.3 is 14.8 Å². The van der Waals surface area contributed by atoms with Gasteiger partial charge in [-0.25, -0.2) is 9.59 Å². The van der Waals surface area contributed by atoms with Crippen LogP contribution in [0, 0.1) is 11.8 Å². The van der Waals surface area contributed by atoms with Crippen molar-refractivity contribution >= 4 is 23.6 Å². The Labute approximate surface area is 206 Å². The maximum atomic E-state index is 12.9. The van der Waals surface area contributed by atoms with Crippen LogP contribution in [0.15, 0.2) is 48.5 Å². The molecule has 1 aliphatic rings. The Kier molecular flexibility index (Phi) is 9.58. The van der Waals surface area contributed by atoms with Gasteiger partial charge in [0.05, 0.1) is 25.3 Å². The number of ether oxygens (including phenoxy) is 2. The fourth-order valence-electron chi connectivity index (χ4n) is 4.62. The topological polar surface area (TPSA) is 98.8 Å². The quantitative estimate of drug-likeness (QED) is 0.491. The Morgan fingerprint density at radius 3 is 1.83 bits per heavy atom. The summed E-state index contributed by atoms with van der Waals surface area (Å²) in [5.41, 5.74) is 3.07. The minimum atomic E-state index is -0.377. The fraction of sp³-hybridized carbons (Fsp3) is 0.429. The van der Waals surface area contributed by atoms with Gasteiger partial charge in [0.2, 0.25) is 5.91 Å². The van der Waals surface area contributed by atoms with Gasteiger partial charge in [0.15, 0.2) is 0 Å². The average Bonchev–Trinajstić information content (AvgIpc) is 3.39. The first-order valence-electron chi connectivity index (χ1n) is 12.1. The van der Waals surface area contributed by atoms with Crippen molar-refractivity contribution in [3.63, 3.8) is 0 Å². The second kappa shape index (κ2) is 12.8. The Hall–Kier alpha value is -3.48. The van der Waals surface area contributed by atoms with Gasteiger partial charge in [-0.2, -0.15) is 0 Å². The lowest BCUT2D eigenvalue weighted by Crippen LogP contribution is -2.36. The lowest BCUT2D eigenvalue weighted by atomic mass is 9.88. The molecule has 2 atom stereocenters. The number of nitrogens with one attached hydrogen (secondary N) is 1. The third kappa shape index (κ3) is 7.25. The molecular formula is C28H33NO6. The molecule has 2 aromatic rings. The summed E-state index contributed by atoms with van der Waals surface area (Å²) in [5, 5.41) is 2.99. The van der Waals surface area contributed by atoms with E-state index in [9.17, 15) is 19.2 Å². The number of hydrogen-bond acceptors (Lipinski definition) is 6. The predicted octanol–water partition coefficient (Wildman–Crippen LogP) is 3.93. The van der Waals surface area contributed by atoms with Gasteiger partial charge in [-0.05, 0) is 67.5 Å². The van der Waals surface area contributed by atoms with E-state index < -0.39 is 0 Å². The number of amides is 1. The van der Waals surface area contributed by atoms with E-state index in [0.717, 1.165) is 36.8 Å². The van der Waals surface area contributed by atoms with E-state index in [1.807, 2.05) is 24.3 Å². The standard InChI is InChI=1S/C28H33NO6/c1-34-27(32)21-13-9-19(10-14-21)5-3-8-25(30)23-6-4-7-24(23)26(31)29-18-17-20-11-15-22(16-12-20)28(33)35-2/h9-16,23-24H,3-8,17-18H2,1-2H3,(H,29,31)/t23-,24-/m1/s1. The second-order valence-corrected chi connectivity index (χ2v) is 8.88. The van der Waals surface area contributed by atoms with Gasteiger partial charge in [0, 0.05) is 24.8 Å². The molecule has 7 nitrogen and oxygen atoms in total. The molecule has 0 saturated heterocycles. The summed E-state index contributed by atoms with van der Waals surface area (Å²) in [6.45, 7) is 0.482. The van der Waals surface area contributed by atoms with E-state index in [-0.39, 0.29) is 35.5 Å². The molecule has 0 aromatic heterocycles. The van der Waals surface area contributed by atoms with E-state index in [1.54, 1.807) is 24.3 Å². The Morgan fingerprint density at radius 1 is 0.771 bits per heavy atom. The van der Waals surface area contributed by atoms with Crippen LogP contribution in [-0.4, -0.2) is 44.4 Å². The molecule has 0 unspecified atom stereocenters. The number of benzene rings is 2. The van der Waals surface area contributed by atoms with E-state index in [4.69, 9.17) is 9.47 Å². The van der Waals surface area contributed by atoms with E-state index in [2.05, 4.69) is 5.32 Å². The number of ketones is 1. The zero-order valence-electron chi connectivity index (χ0n) is 20.4. The molecule has 1 N–H and O–H groups in total. The summed E-state index contributed by atoms with van der Waals surface area (Å²) in [6, 6.07) is 14.3. The van der Waals surface area contributed by atoms with Crippen LogP contribution in [-0.2, 0) is 31.9 Å². The molecule has 3 rings (SSSR count). The summed E-state index contributed by atoms with van der Waals surface area (Å²) in [6.07, 6.45) is 4.94. The zero-order valence-corrected chi connectivity index (χ0v) is 20.4. The maximum absolute atomic E-state index is 12.9. The van der Waals surface area contributed by atoms with E-state index >= 15 is 0 Å². The third-order valence-electron chi connectivity index (χ3n) is 6.62. The number of rotatable bonds is 11. The summed E-state index contributed by atoms with van der Waals surface area (Å²) < 4.78 is 9.41. The summed E-state index contributed by atoms with van der Waals surface area (Å²) in [4.78, 5) is 48.7. The number of aryl methyl sites for hydroxylation is 1. The molecular weight excluding hydrogens is 446 g/mol. The van der Waals surface area contributed by atoms with Crippen LogP contribution in [0.5, 0.6) is 0 Å². The number of esters is 2. The summed E-state index contributed by atoms with van der Waals surface area (Å²) >= 11 is 0. The molecule has 1 aliphatic carbocycles. The zero-order chi connectivity index (χ0) is 25.2. The highest BCUT2D eigenvalue weighted by Gasteiger charge is 2.36. The minimum absolute atomic E-state index is 0.0505. The molecule has 0 radical (unpaired) electrons. The van der Waals surface area contributed by atoms with Crippen molar-refractivity contribution in [1.29, 1.82) is 0 Å². The summed E-state index contributed by atoms with van der Waals surface area (Å²) in [7, 11) is 2.70. The van der Waals surface area contributed by atoms with Gasteiger partial charge in [0.25, 0.3) is 0 Å². The van der Waals surface area contributed by atoms with Crippen molar-refractivity contribution in [2.24, 2.45) is 11.8 Å². The molecule has 186 valence electrons. The van der Waals surface area contributed by atoms with Crippen LogP contribution in [0.4, 0.5) is 0 Å². The van der Waals surface area contributed by atoms with Crippen LogP contribution in [0.3, 0.4) is 0 Å². The maximum Gasteiger partial charge on any atom is 0.337 e. The van der Waals surface area contributed by atoms with E-state index in [0.29, 0.717) is 36.9 Å². The van der Waals surface area contributed by atoms with Crippen LogP contribution >= 0.6 is 0 Å². The van der Waals surface area contributed by atoms with Gasteiger partial charge >= 0.3 is 11.9 Å². The highest BCUT2D eigenvalue weighted by molar-refractivity contribution is 5.90. The van der Waals surface area contributed by atoms with Crippen molar-refractivity contribution in [1.82, 2.24) is 5.32 Å². The first-order valence-corrected chi connectivity index (χ1v) is 12.1. The molecule has 0 spiro atoms. The molecule has 1 fully saturated rings. The van der Waals surface area contributed by atoms with Crippen molar-refractivity contribution in [2.45, 2.75) is 44.9 Å². The average molecular weight is 480 g/mol. The van der Waals surface area contributed by atoms with Gasteiger partial charge in [0.1, 0.15) is 5.78 Å². The molecule has 0 bridgehead atoms. The van der Waals surface area contributed by atoms with Gasteiger partial charge in [-0.3, -0.25) is 9.59 Å². The number of methoxy groups -OCH3 is 2. The predicted molar refractivity (Wildman–Crippen MR) is 131 cm³/mol. The smallest absolute Gasteiger partial charge is 0.337 e. The van der Waals surface area contributed by atoms with Crippen molar-refractivity contribution in [2.75, 3.05) is 20.8 Å². The SMILES string of the molecule is COC(=O)c1ccc(CCCC(=O)[C@@H]2CCC[C@H]2C(=O)NCCc2ccc(C(=O)OC)cc2)cc1. The lowest BCUT2D eigenvalue weighted by Gasteiger charge is -2.18. The third-order valence-corrected chi connectivity index (χ3v) is 6.62. The van der Waals surface area contributed by atoms with Crippen LogP contribution < -0.4 is 5.32 Å². The molecule has 1 saturated carbocycles. The highest BCUT2D eigenvalue weighted by Crippen LogP contribution is 2.33. The van der Waals surface area contributed by atoms with Crippen molar-refractivity contribution in [3.05, 3.63) is 70.8 Å². The van der Waals surface area contributed by atoms with E-state index in [1.165, 1.54) is 14.2 Å². The molecule has 2 aromatic carbocycles. The highest BCUT2D eigenvalue weighted by atomic mass is 16.5. The van der Waals surface area contributed by atoms with Crippen molar-refractivity contribution in [3.8, 4) is 0 Å². The molecule has 0 aliphatic heterocycles. The van der Waals surface area contributed by atoms with Crippen LogP contribution in [0.2, 0.25) is 0 Å². The number of carbonyl (C=O) groups excluding carboxylic acids is 4. The van der Waals surface area contributed by atoms with Crippen LogP contribution in [0.1, 0.15) is 63.9 Å². The largest absolute Gasteiger partial charge is 0.465 e. The Balaban J connectivity index is 1.42. The molecule has 35 heavy (non-hydrogen) atoms. The number of carbonyl (C=O) groups is 4. The second-order valence-electron chi connectivity index (χ2n) is 8.88. The summed E-state index contributed by atoms with van der Waals surface area (Å²) in [5.74, 6) is -1.11. The van der Waals surface area contributed by atoms with Crippen molar-refractivity contribution < 1.29 is 28.7 Å². The minimum Gasteiger partial charge on any atom is -0.465 e. The lowest BCUT2D eigenvalue weighted by molar-refractivity contribution is -0.132. The van der Waals surface area contributed by atoms with Gasteiger partial charge in [-0.1, -0.05) is 30.7 Å². The molecule has 0 heterocycles. The monoisotopic (exact) mass is 479 g/mol. The first-order chi connectivity index (χ1) is 16.9. The fourth-order valence-corrected chi connectivity index (χ4v) is 4.62. The van der Waals surface area contributed by atoms with Crippen LogP contribution in [0.25, 0.3) is 0 Å². The number of hydrogen-bond donors (Lipinski definition) is 1. The Bertz CT molecular complexity index is 945.